The molecule has 2 unspecified atom stereocenters. The van der Waals surface area contributed by atoms with E-state index in [0.29, 0.717) is 11.7 Å². The molecule has 1 saturated carbocycles. The molecule has 0 aliphatic heterocycles. The average molecular weight is 230 g/mol. The van der Waals surface area contributed by atoms with Crippen molar-refractivity contribution in [2.75, 3.05) is 0 Å². The first-order chi connectivity index (χ1) is 8.11. The van der Waals surface area contributed by atoms with Crippen LogP contribution in [-0.4, -0.2) is 5.78 Å². The molecular formula is C16H22O. The maximum Gasteiger partial charge on any atom is 0.140 e. The van der Waals surface area contributed by atoms with Crippen molar-refractivity contribution in [3.05, 3.63) is 35.4 Å². The zero-order valence-electron chi connectivity index (χ0n) is 11.1. The van der Waals surface area contributed by atoms with Gasteiger partial charge in [0.2, 0.25) is 0 Å². The first-order valence-electron chi connectivity index (χ1n) is 6.74. The van der Waals surface area contributed by atoms with E-state index in [-0.39, 0.29) is 5.41 Å². The number of hydrogen-bond donors (Lipinski definition) is 0. The first kappa shape index (κ1) is 12.3. The second kappa shape index (κ2) is 4.64. The lowest BCUT2D eigenvalue weighted by atomic mass is 9.56. The number of ketones is 1. The molecule has 0 amide bonds. The fraction of sp³-hybridized carbons (Fsp3) is 0.562. The van der Waals surface area contributed by atoms with Crippen LogP contribution in [0.3, 0.4) is 0 Å². The van der Waals surface area contributed by atoms with Crippen LogP contribution >= 0.6 is 0 Å². The smallest absolute Gasteiger partial charge is 0.140 e. The van der Waals surface area contributed by atoms with E-state index < -0.39 is 0 Å². The molecule has 0 heterocycles. The van der Waals surface area contributed by atoms with E-state index in [1.165, 1.54) is 17.5 Å². The van der Waals surface area contributed by atoms with E-state index in [9.17, 15) is 4.79 Å². The van der Waals surface area contributed by atoms with Crippen LogP contribution in [0, 0.1) is 5.41 Å². The Kier molecular flexibility index (Phi) is 3.37. The molecule has 2 rings (SSSR count). The van der Waals surface area contributed by atoms with Crippen molar-refractivity contribution in [3.63, 3.8) is 0 Å². The standard InChI is InChI=1S/C16H22O/c1-4-6-12-7-9-13(10-8-12)14-11-15(17)16(14,3)5-2/h7-10,14H,4-6,11H2,1-3H3. The fourth-order valence-corrected chi connectivity index (χ4v) is 2.84. The van der Waals surface area contributed by atoms with E-state index in [2.05, 4.69) is 45.0 Å². The van der Waals surface area contributed by atoms with E-state index >= 15 is 0 Å². The van der Waals surface area contributed by atoms with E-state index in [0.717, 1.165) is 19.3 Å². The Morgan fingerprint density at radius 2 is 1.88 bits per heavy atom. The van der Waals surface area contributed by atoms with Crippen molar-refractivity contribution in [2.24, 2.45) is 5.41 Å². The summed E-state index contributed by atoms with van der Waals surface area (Å²) in [5, 5.41) is 0. The van der Waals surface area contributed by atoms with Gasteiger partial charge in [-0.25, -0.2) is 0 Å². The predicted octanol–water partition coefficient (Wildman–Crippen LogP) is 4.11. The highest BCUT2D eigenvalue weighted by atomic mass is 16.1. The van der Waals surface area contributed by atoms with Gasteiger partial charge in [-0.3, -0.25) is 4.79 Å². The summed E-state index contributed by atoms with van der Waals surface area (Å²) in [5.74, 6) is 0.873. The van der Waals surface area contributed by atoms with E-state index in [4.69, 9.17) is 0 Å². The summed E-state index contributed by atoms with van der Waals surface area (Å²) >= 11 is 0. The monoisotopic (exact) mass is 230 g/mol. The number of hydrogen-bond acceptors (Lipinski definition) is 1. The zero-order chi connectivity index (χ0) is 12.5. The second-order valence-electron chi connectivity index (χ2n) is 5.44. The normalized spacial score (nSPS) is 27.9. The minimum absolute atomic E-state index is 0.105. The third-order valence-corrected chi connectivity index (χ3v) is 4.45. The Morgan fingerprint density at radius 1 is 1.24 bits per heavy atom. The molecule has 0 spiro atoms. The minimum Gasteiger partial charge on any atom is -0.299 e. The van der Waals surface area contributed by atoms with Crippen LogP contribution in [0.2, 0.25) is 0 Å². The molecule has 1 aliphatic carbocycles. The first-order valence-corrected chi connectivity index (χ1v) is 6.74. The van der Waals surface area contributed by atoms with Crippen LogP contribution < -0.4 is 0 Å². The van der Waals surface area contributed by atoms with Crippen LogP contribution in [0.25, 0.3) is 0 Å². The van der Waals surface area contributed by atoms with Crippen molar-refractivity contribution < 1.29 is 4.79 Å². The lowest BCUT2D eigenvalue weighted by Crippen LogP contribution is -2.45. The minimum atomic E-state index is -0.105. The lowest BCUT2D eigenvalue weighted by molar-refractivity contribution is -0.139. The quantitative estimate of drug-likeness (QED) is 0.760. The maximum atomic E-state index is 11.7. The van der Waals surface area contributed by atoms with Gasteiger partial charge in [0.25, 0.3) is 0 Å². The summed E-state index contributed by atoms with van der Waals surface area (Å²) in [5.41, 5.74) is 2.64. The van der Waals surface area contributed by atoms with E-state index in [1.54, 1.807) is 0 Å². The fourth-order valence-electron chi connectivity index (χ4n) is 2.84. The van der Waals surface area contributed by atoms with Gasteiger partial charge in [0, 0.05) is 17.8 Å². The molecule has 0 N–H and O–H groups in total. The lowest BCUT2D eigenvalue weighted by Gasteiger charge is -2.45. The number of carbonyl (C=O) groups is 1. The number of benzene rings is 1. The van der Waals surface area contributed by atoms with Gasteiger partial charge in [0.1, 0.15) is 5.78 Å². The zero-order valence-corrected chi connectivity index (χ0v) is 11.1. The molecule has 1 nitrogen and oxygen atoms in total. The summed E-state index contributed by atoms with van der Waals surface area (Å²) in [7, 11) is 0. The summed E-state index contributed by atoms with van der Waals surface area (Å²) < 4.78 is 0. The Balaban J connectivity index is 2.16. The molecule has 0 saturated heterocycles. The van der Waals surface area contributed by atoms with Crippen molar-refractivity contribution in [3.8, 4) is 0 Å². The van der Waals surface area contributed by atoms with Gasteiger partial charge in [0.05, 0.1) is 0 Å². The second-order valence-corrected chi connectivity index (χ2v) is 5.44. The molecule has 1 aromatic carbocycles. The summed E-state index contributed by atoms with van der Waals surface area (Å²) in [6, 6.07) is 8.88. The average Bonchev–Trinajstić information content (AvgIpc) is 2.36. The highest BCUT2D eigenvalue weighted by Crippen LogP contribution is 2.51. The Morgan fingerprint density at radius 3 is 2.35 bits per heavy atom. The highest BCUT2D eigenvalue weighted by molar-refractivity contribution is 5.92. The predicted molar refractivity (Wildman–Crippen MR) is 71.2 cm³/mol. The number of carbonyl (C=O) groups excluding carboxylic acids is 1. The molecule has 1 heteroatoms. The maximum absolute atomic E-state index is 11.7. The molecule has 1 fully saturated rings. The van der Waals surface area contributed by atoms with Gasteiger partial charge in [-0.2, -0.15) is 0 Å². The molecule has 1 aliphatic rings. The van der Waals surface area contributed by atoms with Gasteiger partial charge >= 0.3 is 0 Å². The summed E-state index contributed by atoms with van der Waals surface area (Å²) in [6.45, 7) is 6.44. The number of Topliss-reactive ketones (excluding diaryl/α,β-unsaturated/α-hetero) is 1. The Bertz CT molecular complexity index is 404. The number of rotatable bonds is 4. The molecule has 0 bridgehead atoms. The Hall–Kier alpha value is -1.11. The molecule has 1 aromatic rings. The van der Waals surface area contributed by atoms with Gasteiger partial charge in [-0.05, 0) is 24.0 Å². The third kappa shape index (κ3) is 2.03. The largest absolute Gasteiger partial charge is 0.299 e. The van der Waals surface area contributed by atoms with Gasteiger partial charge < -0.3 is 0 Å². The van der Waals surface area contributed by atoms with Crippen molar-refractivity contribution in [1.29, 1.82) is 0 Å². The molecular weight excluding hydrogens is 208 g/mol. The van der Waals surface area contributed by atoms with Crippen LogP contribution in [0.1, 0.15) is 57.1 Å². The molecule has 2 atom stereocenters. The molecule has 92 valence electrons. The summed E-state index contributed by atoms with van der Waals surface area (Å²) in [6.07, 6.45) is 4.02. The van der Waals surface area contributed by atoms with Crippen molar-refractivity contribution in [2.45, 2.75) is 52.4 Å². The van der Waals surface area contributed by atoms with Gasteiger partial charge in [-0.15, -0.1) is 0 Å². The molecule has 0 aromatic heterocycles. The van der Waals surface area contributed by atoms with Crippen LogP contribution in [0.5, 0.6) is 0 Å². The topological polar surface area (TPSA) is 17.1 Å². The van der Waals surface area contributed by atoms with Gasteiger partial charge in [-0.1, -0.05) is 51.5 Å². The molecule has 17 heavy (non-hydrogen) atoms. The van der Waals surface area contributed by atoms with Crippen molar-refractivity contribution in [1.82, 2.24) is 0 Å². The number of aryl methyl sites for hydroxylation is 1. The van der Waals surface area contributed by atoms with Gasteiger partial charge in [0.15, 0.2) is 0 Å². The van der Waals surface area contributed by atoms with Crippen LogP contribution in [-0.2, 0) is 11.2 Å². The Labute approximate surface area is 104 Å². The SMILES string of the molecule is CCCc1ccc(C2CC(=O)C2(C)CC)cc1. The van der Waals surface area contributed by atoms with Crippen LogP contribution in [0.4, 0.5) is 0 Å². The highest BCUT2D eigenvalue weighted by Gasteiger charge is 2.49. The third-order valence-electron chi connectivity index (χ3n) is 4.45. The van der Waals surface area contributed by atoms with Crippen molar-refractivity contribution >= 4 is 5.78 Å². The summed E-state index contributed by atoms with van der Waals surface area (Å²) in [4.78, 5) is 11.7. The molecule has 0 radical (unpaired) electrons. The van der Waals surface area contributed by atoms with Crippen LogP contribution in [0.15, 0.2) is 24.3 Å². The van der Waals surface area contributed by atoms with E-state index in [1.807, 2.05) is 0 Å².